The number of halogens is 1. The van der Waals surface area contributed by atoms with Crippen LogP contribution in [0.4, 0.5) is 15.9 Å². The number of nitrogens with zero attached hydrogens (tertiary/aromatic N) is 3. The molecule has 0 unspecified atom stereocenters. The molecule has 2 aromatic heterocycles. The minimum Gasteiger partial charge on any atom is -0.336 e. The van der Waals surface area contributed by atoms with Crippen LogP contribution < -0.4 is 10.9 Å². The van der Waals surface area contributed by atoms with Crippen LogP contribution in [0.25, 0.3) is 11.0 Å². The first-order chi connectivity index (χ1) is 11.0. The molecular formula is C17H17FN4O. The van der Waals surface area contributed by atoms with Crippen molar-refractivity contribution in [1.82, 2.24) is 14.5 Å². The zero-order valence-corrected chi connectivity index (χ0v) is 13.2. The lowest BCUT2D eigenvalue weighted by atomic mass is 10.2. The molecule has 0 amide bonds. The van der Waals surface area contributed by atoms with Gasteiger partial charge in [0.2, 0.25) is 0 Å². The first kappa shape index (κ1) is 15.1. The molecule has 0 aliphatic rings. The minimum absolute atomic E-state index is 0.0345. The van der Waals surface area contributed by atoms with Crippen molar-refractivity contribution in [3.63, 3.8) is 0 Å². The highest BCUT2D eigenvalue weighted by atomic mass is 19.1. The lowest BCUT2D eigenvalue weighted by Crippen LogP contribution is -2.26. The SMILES string of the molecule is Cc1cc(Nc2nc3ccncc3n(C(C)C)c2=O)ccc1F. The fourth-order valence-corrected chi connectivity index (χ4v) is 2.50. The van der Waals surface area contributed by atoms with Crippen molar-refractivity contribution in [2.45, 2.75) is 26.8 Å². The molecule has 0 radical (unpaired) electrons. The molecule has 3 rings (SSSR count). The van der Waals surface area contributed by atoms with E-state index in [1.54, 1.807) is 42.1 Å². The molecule has 5 nitrogen and oxygen atoms in total. The van der Waals surface area contributed by atoms with Gasteiger partial charge in [-0.05, 0) is 50.6 Å². The summed E-state index contributed by atoms with van der Waals surface area (Å²) in [6.07, 6.45) is 3.27. The van der Waals surface area contributed by atoms with Gasteiger partial charge in [-0.1, -0.05) is 0 Å². The smallest absolute Gasteiger partial charge is 0.294 e. The number of benzene rings is 1. The van der Waals surface area contributed by atoms with Crippen LogP contribution in [0.15, 0.2) is 41.5 Å². The predicted octanol–water partition coefficient (Wildman–Crippen LogP) is 3.56. The van der Waals surface area contributed by atoms with E-state index < -0.39 is 0 Å². The maximum absolute atomic E-state index is 13.4. The molecule has 1 N–H and O–H groups in total. The van der Waals surface area contributed by atoms with Crippen molar-refractivity contribution in [3.05, 3.63) is 58.4 Å². The number of pyridine rings is 1. The Morgan fingerprint density at radius 1 is 1.26 bits per heavy atom. The van der Waals surface area contributed by atoms with Gasteiger partial charge in [-0.25, -0.2) is 9.37 Å². The van der Waals surface area contributed by atoms with Crippen molar-refractivity contribution < 1.29 is 4.39 Å². The summed E-state index contributed by atoms with van der Waals surface area (Å²) in [5.41, 5.74) is 2.26. The van der Waals surface area contributed by atoms with Crippen molar-refractivity contribution in [1.29, 1.82) is 0 Å². The fraction of sp³-hybridized carbons (Fsp3) is 0.235. The Hall–Kier alpha value is -2.76. The molecule has 23 heavy (non-hydrogen) atoms. The summed E-state index contributed by atoms with van der Waals surface area (Å²) >= 11 is 0. The maximum atomic E-state index is 13.4. The Morgan fingerprint density at radius 2 is 2.04 bits per heavy atom. The van der Waals surface area contributed by atoms with Crippen LogP contribution in [-0.4, -0.2) is 14.5 Å². The molecule has 0 bridgehead atoms. The third kappa shape index (κ3) is 2.79. The molecule has 2 heterocycles. The van der Waals surface area contributed by atoms with Gasteiger partial charge >= 0.3 is 0 Å². The Balaban J connectivity index is 2.15. The molecule has 6 heteroatoms. The van der Waals surface area contributed by atoms with Gasteiger partial charge < -0.3 is 5.32 Å². The topological polar surface area (TPSA) is 59.8 Å². The molecule has 118 valence electrons. The van der Waals surface area contributed by atoms with Crippen molar-refractivity contribution in [2.24, 2.45) is 0 Å². The quantitative estimate of drug-likeness (QED) is 0.803. The second kappa shape index (κ2) is 5.79. The lowest BCUT2D eigenvalue weighted by molar-refractivity contribution is 0.598. The van der Waals surface area contributed by atoms with Gasteiger partial charge in [-0.3, -0.25) is 14.3 Å². The standard InChI is InChI=1S/C17H17FN4O/c1-10(2)22-15-9-19-7-6-14(15)21-16(17(22)23)20-12-4-5-13(18)11(3)8-12/h4-10H,1-3H3,(H,20,21). The Bertz CT molecular complexity index is 934. The second-order valence-electron chi connectivity index (χ2n) is 5.68. The molecule has 0 atom stereocenters. The third-order valence-electron chi connectivity index (χ3n) is 3.63. The van der Waals surface area contributed by atoms with Crippen LogP contribution in [0.3, 0.4) is 0 Å². The summed E-state index contributed by atoms with van der Waals surface area (Å²) in [7, 11) is 0. The molecule has 1 aromatic carbocycles. The summed E-state index contributed by atoms with van der Waals surface area (Å²) in [6, 6.07) is 6.32. The monoisotopic (exact) mass is 312 g/mol. The minimum atomic E-state index is -0.285. The zero-order chi connectivity index (χ0) is 16.6. The molecule has 0 saturated carbocycles. The van der Waals surface area contributed by atoms with E-state index in [1.165, 1.54) is 6.07 Å². The molecule has 3 aromatic rings. The van der Waals surface area contributed by atoms with E-state index in [-0.39, 0.29) is 23.2 Å². The predicted molar refractivity (Wildman–Crippen MR) is 88.6 cm³/mol. The van der Waals surface area contributed by atoms with Crippen LogP contribution in [0.5, 0.6) is 0 Å². The summed E-state index contributed by atoms with van der Waals surface area (Å²) in [6.45, 7) is 5.53. The van der Waals surface area contributed by atoms with E-state index in [2.05, 4.69) is 15.3 Å². The number of fused-ring (bicyclic) bond motifs is 1. The highest BCUT2D eigenvalue weighted by Gasteiger charge is 2.13. The van der Waals surface area contributed by atoms with E-state index in [9.17, 15) is 9.18 Å². The summed E-state index contributed by atoms with van der Waals surface area (Å²) < 4.78 is 15.0. The summed E-state index contributed by atoms with van der Waals surface area (Å²) in [5, 5.41) is 3.00. The van der Waals surface area contributed by atoms with Gasteiger partial charge in [-0.15, -0.1) is 0 Å². The van der Waals surface area contributed by atoms with Gasteiger partial charge in [0.1, 0.15) is 5.82 Å². The molecule has 0 saturated heterocycles. The summed E-state index contributed by atoms with van der Waals surface area (Å²) in [4.78, 5) is 21.2. The van der Waals surface area contributed by atoms with Gasteiger partial charge in [0.25, 0.3) is 5.56 Å². The van der Waals surface area contributed by atoms with Crippen LogP contribution in [0.2, 0.25) is 0 Å². The number of aromatic nitrogens is 3. The van der Waals surface area contributed by atoms with E-state index >= 15 is 0 Å². The van der Waals surface area contributed by atoms with Crippen molar-refractivity contribution in [3.8, 4) is 0 Å². The normalized spacial score (nSPS) is 11.2. The molecular weight excluding hydrogens is 295 g/mol. The highest BCUT2D eigenvalue weighted by molar-refractivity contribution is 5.76. The second-order valence-corrected chi connectivity index (χ2v) is 5.68. The fourth-order valence-electron chi connectivity index (χ4n) is 2.50. The van der Waals surface area contributed by atoms with Crippen LogP contribution >= 0.6 is 0 Å². The van der Waals surface area contributed by atoms with E-state index in [1.807, 2.05) is 13.8 Å². The Labute approximate surface area is 132 Å². The number of aryl methyl sites for hydroxylation is 1. The van der Waals surface area contributed by atoms with Gasteiger partial charge in [-0.2, -0.15) is 0 Å². The molecule has 0 aliphatic carbocycles. The van der Waals surface area contributed by atoms with Gasteiger partial charge in [0.15, 0.2) is 5.82 Å². The van der Waals surface area contributed by atoms with Crippen LogP contribution in [0, 0.1) is 12.7 Å². The van der Waals surface area contributed by atoms with Crippen LogP contribution in [0.1, 0.15) is 25.5 Å². The zero-order valence-electron chi connectivity index (χ0n) is 13.2. The number of anilines is 2. The largest absolute Gasteiger partial charge is 0.336 e. The van der Waals surface area contributed by atoms with E-state index in [0.717, 1.165) is 0 Å². The number of nitrogens with one attached hydrogen (secondary N) is 1. The van der Waals surface area contributed by atoms with E-state index in [4.69, 9.17) is 0 Å². The summed E-state index contributed by atoms with van der Waals surface area (Å²) in [5.74, 6) is -0.0731. The molecule has 0 fully saturated rings. The molecule has 0 aliphatic heterocycles. The van der Waals surface area contributed by atoms with Gasteiger partial charge in [0.05, 0.1) is 17.2 Å². The Kier molecular flexibility index (Phi) is 3.82. The highest BCUT2D eigenvalue weighted by Crippen LogP contribution is 2.19. The van der Waals surface area contributed by atoms with Crippen molar-refractivity contribution in [2.75, 3.05) is 5.32 Å². The molecule has 0 spiro atoms. The number of hydrogen-bond donors (Lipinski definition) is 1. The maximum Gasteiger partial charge on any atom is 0.294 e. The Morgan fingerprint density at radius 3 is 2.74 bits per heavy atom. The number of hydrogen-bond acceptors (Lipinski definition) is 4. The van der Waals surface area contributed by atoms with E-state index in [0.29, 0.717) is 22.3 Å². The lowest BCUT2D eigenvalue weighted by Gasteiger charge is -2.15. The number of rotatable bonds is 3. The van der Waals surface area contributed by atoms with Crippen LogP contribution in [-0.2, 0) is 0 Å². The first-order valence-electron chi connectivity index (χ1n) is 7.37. The van der Waals surface area contributed by atoms with Gasteiger partial charge in [0, 0.05) is 17.9 Å². The average Bonchev–Trinajstić information content (AvgIpc) is 2.51. The average molecular weight is 312 g/mol. The first-order valence-corrected chi connectivity index (χ1v) is 7.37. The van der Waals surface area contributed by atoms with Crippen molar-refractivity contribution >= 4 is 22.5 Å². The third-order valence-corrected chi connectivity index (χ3v) is 3.63.